The van der Waals surface area contributed by atoms with Crippen LogP contribution in [0.2, 0.25) is 0 Å². The zero-order valence-corrected chi connectivity index (χ0v) is 21.8. The van der Waals surface area contributed by atoms with E-state index in [0.29, 0.717) is 36.7 Å². The Labute approximate surface area is 230 Å². The van der Waals surface area contributed by atoms with Gasteiger partial charge in [0.15, 0.2) is 5.69 Å². The molecule has 0 bridgehead atoms. The average molecular weight is 565 g/mol. The zero-order valence-electron chi connectivity index (χ0n) is 21.8. The molecule has 6 rings (SSSR count). The number of hydrogen-bond donors (Lipinski definition) is 1. The Bertz CT molecular complexity index is 1810. The lowest BCUT2D eigenvalue weighted by Gasteiger charge is -2.37. The van der Waals surface area contributed by atoms with E-state index in [4.69, 9.17) is 0 Å². The number of fused-ring (bicyclic) bond motifs is 1. The molecule has 12 heteroatoms. The summed E-state index contributed by atoms with van der Waals surface area (Å²) in [5, 5.41) is 4.41. The Morgan fingerprint density at radius 2 is 1.88 bits per heavy atom. The molecule has 0 spiro atoms. The molecule has 2 atom stereocenters. The van der Waals surface area contributed by atoms with Gasteiger partial charge in [0, 0.05) is 42.7 Å². The first-order valence-electron chi connectivity index (χ1n) is 13.0. The van der Waals surface area contributed by atoms with Crippen LogP contribution in [0.4, 0.5) is 17.6 Å². The first-order chi connectivity index (χ1) is 19.6. The summed E-state index contributed by atoms with van der Waals surface area (Å²) < 4.78 is 56.9. The van der Waals surface area contributed by atoms with E-state index in [1.807, 2.05) is 31.2 Å². The number of imidazole rings is 1. The predicted octanol–water partition coefficient (Wildman–Crippen LogP) is 5.60. The molecular weight excluding hydrogens is 540 g/mol. The van der Waals surface area contributed by atoms with Gasteiger partial charge in [-0.3, -0.25) is 14.3 Å². The number of nitrogens with one attached hydrogen (secondary N) is 1. The van der Waals surface area contributed by atoms with Crippen LogP contribution in [0, 0.1) is 5.82 Å². The van der Waals surface area contributed by atoms with Crippen LogP contribution in [0.5, 0.6) is 0 Å². The average Bonchev–Trinajstić information content (AvgIpc) is 3.53. The molecule has 1 aliphatic heterocycles. The van der Waals surface area contributed by atoms with Crippen LogP contribution in [0.15, 0.2) is 77.9 Å². The van der Waals surface area contributed by atoms with Crippen molar-refractivity contribution in [3.8, 4) is 16.9 Å². The Morgan fingerprint density at radius 3 is 2.59 bits per heavy atom. The summed E-state index contributed by atoms with van der Waals surface area (Å²) in [6.07, 6.45) is -0.694. The number of carbonyl (C=O) groups excluding carboxylic acids is 1. The second kappa shape index (κ2) is 10.0. The van der Waals surface area contributed by atoms with E-state index >= 15 is 0 Å². The molecule has 0 radical (unpaired) electrons. The van der Waals surface area contributed by atoms with Gasteiger partial charge in [0.1, 0.15) is 5.82 Å². The lowest BCUT2D eigenvalue weighted by molar-refractivity contribution is -0.140. The monoisotopic (exact) mass is 564 g/mol. The lowest BCUT2D eigenvalue weighted by Crippen LogP contribution is -2.46. The molecule has 1 aliphatic rings. The summed E-state index contributed by atoms with van der Waals surface area (Å²) in [4.78, 5) is 35.0. The molecular formula is C29H24F4N6O2. The molecule has 1 N–H and O–H groups in total. The van der Waals surface area contributed by atoms with Gasteiger partial charge in [-0.2, -0.15) is 18.3 Å². The number of benzene rings is 2. The third-order valence-electron chi connectivity index (χ3n) is 7.49. The Kier molecular flexibility index (Phi) is 6.47. The molecule has 3 aromatic heterocycles. The molecule has 0 saturated carbocycles. The number of halogens is 4. The van der Waals surface area contributed by atoms with Crippen molar-refractivity contribution in [2.75, 3.05) is 6.54 Å². The summed E-state index contributed by atoms with van der Waals surface area (Å²) >= 11 is 0. The van der Waals surface area contributed by atoms with E-state index in [9.17, 15) is 27.2 Å². The first-order valence-corrected chi connectivity index (χ1v) is 13.0. The summed E-state index contributed by atoms with van der Waals surface area (Å²) in [5.41, 5.74) is 0.955. The number of carbonyl (C=O) groups is 1. The van der Waals surface area contributed by atoms with Gasteiger partial charge in [-0.25, -0.2) is 13.9 Å². The maximum atomic E-state index is 14.5. The van der Waals surface area contributed by atoms with Crippen molar-refractivity contribution in [1.82, 2.24) is 29.2 Å². The number of likely N-dealkylation sites (tertiary alicyclic amines) is 1. The molecule has 1 saturated heterocycles. The molecule has 210 valence electrons. The van der Waals surface area contributed by atoms with Gasteiger partial charge in [-0.1, -0.05) is 12.1 Å². The van der Waals surface area contributed by atoms with Gasteiger partial charge in [-0.15, -0.1) is 0 Å². The molecule has 1 amide bonds. The topological polar surface area (TPSA) is 88.8 Å². The van der Waals surface area contributed by atoms with Crippen LogP contribution < -0.4 is 5.69 Å². The van der Waals surface area contributed by atoms with Gasteiger partial charge in [-0.05, 0) is 62.2 Å². The number of aromatic amines is 1. The lowest BCUT2D eigenvalue weighted by atomic mass is 9.97. The Hall–Kier alpha value is -4.74. The molecule has 41 heavy (non-hydrogen) atoms. The van der Waals surface area contributed by atoms with Crippen molar-refractivity contribution < 1.29 is 22.4 Å². The smallest absolute Gasteiger partial charge is 0.334 e. The molecule has 2 unspecified atom stereocenters. The van der Waals surface area contributed by atoms with Crippen molar-refractivity contribution in [3.63, 3.8) is 0 Å². The minimum Gasteiger partial charge on any atom is -0.334 e. The van der Waals surface area contributed by atoms with E-state index < -0.39 is 17.6 Å². The standard InChI is InChI=1S/C29H24F4N6O2/c1-17-13-19(38-25-7-3-2-6-23(25)35-28(38)41)10-12-37(17)27(40)24-15-26(18-5-4-11-34-16-18)39(36-24)20-8-9-21(22(30)14-20)29(31,32)33/h2-9,11,14-17,19H,10,12-13H2,1H3,(H,35,41). The number of piperidine rings is 1. The van der Waals surface area contributed by atoms with Crippen LogP contribution in [0.25, 0.3) is 28.0 Å². The van der Waals surface area contributed by atoms with Crippen LogP contribution in [0.3, 0.4) is 0 Å². The number of nitrogens with zero attached hydrogens (tertiary/aromatic N) is 5. The number of rotatable bonds is 4. The maximum absolute atomic E-state index is 14.5. The SMILES string of the molecule is CC1CC(n2c(=O)[nH]c3ccccc32)CCN1C(=O)c1cc(-c2cccnc2)n(-c2ccc(C(F)(F)F)c(F)c2)n1. The van der Waals surface area contributed by atoms with Crippen LogP contribution in [0.1, 0.15) is 41.9 Å². The highest BCUT2D eigenvalue weighted by Crippen LogP contribution is 2.34. The molecule has 8 nitrogen and oxygen atoms in total. The minimum absolute atomic E-state index is 0.0267. The summed E-state index contributed by atoms with van der Waals surface area (Å²) in [7, 11) is 0. The van der Waals surface area contributed by atoms with Gasteiger partial charge in [0.2, 0.25) is 0 Å². The van der Waals surface area contributed by atoms with E-state index in [-0.39, 0.29) is 35.1 Å². The third kappa shape index (κ3) is 4.79. The highest BCUT2D eigenvalue weighted by atomic mass is 19.4. The summed E-state index contributed by atoms with van der Waals surface area (Å²) in [6, 6.07) is 14.5. The van der Waals surface area contributed by atoms with Gasteiger partial charge in [0.05, 0.1) is 28.0 Å². The minimum atomic E-state index is -4.85. The number of pyridine rings is 1. The zero-order chi connectivity index (χ0) is 28.9. The molecule has 1 fully saturated rings. The number of alkyl halides is 3. The highest BCUT2D eigenvalue weighted by Gasteiger charge is 2.35. The number of amides is 1. The number of aromatic nitrogens is 5. The number of para-hydroxylation sites is 2. The van der Waals surface area contributed by atoms with Crippen molar-refractivity contribution in [2.24, 2.45) is 0 Å². The Balaban J connectivity index is 1.32. The summed E-state index contributed by atoms with van der Waals surface area (Å²) in [5.74, 6) is -1.82. The van der Waals surface area contributed by atoms with Crippen molar-refractivity contribution in [3.05, 3.63) is 101 Å². The van der Waals surface area contributed by atoms with E-state index in [2.05, 4.69) is 15.1 Å². The quantitative estimate of drug-likeness (QED) is 0.288. The van der Waals surface area contributed by atoms with Crippen molar-refractivity contribution >= 4 is 16.9 Å². The van der Waals surface area contributed by atoms with Crippen LogP contribution >= 0.6 is 0 Å². The van der Waals surface area contributed by atoms with Crippen LogP contribution in [-0.2, 0) is 6.18 Å². The van der Waals surface area contributed by atoms with E-state index in [0.717, 1.165) is 23.2 Å². The fourth-order valence-corrected chi connectivity index (χ4v) is 5.54. The number of hydrogen-bond acceptors (Lipinski definition) is 4. The first kappa shape index (κ1) is 26.5. The largest absolute Gasteiger partial charge is 0.419 e. The normalized spacial score (nSPS) is 17.7. The fourth-order valence-electron chi connectivity index (χ4n) is 5.54. The molecule has 5 aromatic rings. The van der Waals surface area contributed by atoms with E-state index in [1.54, 1.807) is 27.8 Å². The van der Waals surface area contributed by atoms with Gasteiger partial charge < -0.3 is 9.88 Å². The van der Waals surface area contributed by atoms with Gasteiger partial charge in [0.25, 0.3) is 5.91 Å². The third-order valence-corrected chi connectivity index (χ3v) is 7.49. The second-order valence-electron chi connectivity index (χ2n) is 10.1. The van der Waals surface area contributed by atoms with E-state index in [1.165, 1.54) is 16.9 Å². The van der Waals surface area contributed by atoms with Crippen molar-refractivity contribution in [1.29, 1.82) is 0 Å². The highest BCUT2D eigenvalue weighted by molar-refractivity contribution is 5.94. The molecule has 4 heterocycles. The van der Waals surface area contributed by atoms with Gasteiger partial charge >= 0.3 is 11.9 Å². The van der Waals surface area contributed by atoms with Crippen molar-refractivity contribution in [2.45, 2.75) is 38.0 Å². The number of H-pyrrole nitrogens is 1. The predicted molar refractivity (Wildman–Crippen MR) is 143 cm³/mol. The molecule has 0 aliphatic carbocycles. The maximum Gasteiger partial charge on any atom is 0.419 e. The molecule has 2 aromatic carbocycles. The second-order valence-corrected chi connectivity index (χ2v) is 10.1. The Morgan fingerprint density at radius 1 is 1.07 bits per heavy atom. The fraction of sp³-hybridized carbons (Fsp3) is 0.241. The summed E-state index contributed by atoms with van der Waals surface area (Å²) in [6.45, 7) is 2.26. The van der Waals surface area contributed by atoms with Crippen LogP contribution in [-0.4, -0.2) is 47.7 Å².